The molecule has 0 radical (unpaired) electrons. The zero-order valence-corrected chi connectivity index (χ0v) is 19.8. The molecule has 0 unspecified atom stereocenters. The number of hydrogen-bond acceptors (Lipinski definition) is 5. The van der Waals surface area contributed by atoms with Gasteiger partial charge in [0.25, 0.3) is 5.78 Å². The molecule has 1 atom stereocenters. The summed E-state index contributed by atoms with van der Waals surface area (Å²) < 4.78 is 6.32. The number of Topliss-reactive ketones (excluding diaryl/α,β-unsaturated/α-hetero) is 1. The summed E-state index contributed by atoms with van der Waals surface area (Å²) in [5.41, 5.74) is 1.86. The predicted octanol–water partition coefficient (Wildman–Crippen LogP) is 5.67. The maximum Gasteiger partial charge on any atom is 0.301 e. The molecule has 0 aliphatic carbocycles. The zero-order chi connectivity index (χ0) is 23.2. The van der Waals surface area contributed by atoms with Gasteiger partial charge in [0.1, 0.15) is 11.5 Å². The Morgan fingerprint density at radius 1 is 1.06 bits per heavy atom. The van der Waals surface area contributed by atoms with Gasteiger partial charge in [-0.3, -0.25) is 14.5 Å². The van der Waals surface area contributed by atoms with Crippen LogP contribution in [0.2, 0.25) is 0 Å². The number of halogens is 1. The SMILES string of the molecule is Cc1ccc([C@@H]2/C(=C(\O)c3ccc(Br)cc3)C(=O)C(=O)N2c2cc(C(C)(C)C)on2)cc1. The summed E-state index contributed by atoms with van der Waals surface area (Å²) >= 11 is 3.37. The highest BCUT2D eigenvalue weighted by atomic mass is 79.9. The first kappa shape index (κ1) is 22.0. The third-order valence-corrected chi connectivity index (χ3v) is 5.97. The number of amides is 1. The van der Waals surface area contributed by atoms with Gasteiger partial charge in [-0.25, -0.2) is 0 Å². The van der Waals surface area contributed by atoms with Crippen LogP contribution in [0.4, 0.5) is 5.82 Å². The van der Waals surface area contributed by atoms with Crippen molar-refractivity contribution in [2.45, 2.75) is 39.2 Å². The van der Waals surface area contributed by atoms with Crippen LogP contribution in [0.1, 0.15) is 49.3 Å². The van der Waals surface area contributed by atoms with E-state index in [-0.39, 0.29) is 22.6 Å². The van der Waals surface area contributed by atoms with Crippen molar-refractivity contribution in [3.8, 4) is 0 Å². The van der Waals surface area contributed by atoms with E-state index in [1.807, 2.05) is 52.0 Å². The highest BCUT2D eigenvalue weighted by molar-refractivity contribution is 9.10. The number of nitrogens with zero attached hydrogens (tertiary/aromatic N) is 2. The third kappa shape index (κ3) is 3.88. The van der Waals surface area contributed by atoms with Crippen LogP contribution in [0.5, 0.6) is 0 Å². The molecule has 2 aromatic carbocycles. The molecular weight excluding hydrogens is 472 g/mol. The van der Waals surface area contributed by atoms with Crippen molar-refractivity contribution in [1.29, 1.82) is 0 Å². The summed E-state index contributed by atoms with van der Waals surface area (Å²) in [5.74, 6) is -0.940. The molecule has 1 fully saturated rings. The average molecular weight is 495 g/mol. The molecule has 7 heteroatoms. The van der Waals surface area contributed by atoms with Crippen molar-refractivity contribution >= 4 is 39.2 Å². The lowest BCUT2D eigenvalue weighted by atomic mass is 9.93. The molecule has 0 saturated carbocycles. The molecule has 1 N–H and O–H groups in total. The van der Waals surface area contributed by atoms with Gasteiger partial charge in [0, 0.05) is 21.5 Å². The minimum atomic E-state index is -0.836. The monoisotopic (exact) mass is 494 g/mol. The standard InChI is InChI=1S/C25H23BrN2O4/c1-14-5-7-15(8-6-14)21-20(22(29)16-9-11-17(26)12-10-16)23(30)24(31)28(21)19-13-18(32-27-19)25(2,3)4/h5-13,21,29H,1-4H3/b22-20+/t21-/m1/s1. The third-order valence-electron chi connectivity index (χ3n) is 5.44. The van der Waals surface area contributed by atoms with Crippen molar-refractivity contribution in [2.24, 2.45) is 0 Å². The van der Waals surface area contributed by atoms with E-state index in [0.29, 0.717) is 16.9 Å². The van der Waals surface area contributed by atoms with Gasteiger partial charge in [-0.15, -0.1) is 0 Å². The molecule has 4 rings (SSSR count). The molecule has 1 saturated heterocycles. The van der Waals surface area contributed by atoms with Gasteiger partial charge >= 0.3 is 5.91 Å². The number of anilines is 1. The maximum absolute atomic E-state index is 13.2. The van der Waals surface area contributed by atoms with Gasteiger partial charge in [-0.1, -0.05) is 83.8 Å². The van der Waals surface area contributed by atoms with Gasteiger partial charge in [-0.2, -0.15) is 0 Å². The second kappa shape index (κ2) is 8.06. The number of aliphatic hydroxyl groups is 1. The number of carbonyl (C=O) groups excluding carboxylic acids is 2. The highest BCUT2D eigenvalue weighted by Crippen LogP contribution is 2.42. The summed E-state index contributed by atoms with van der Waals surface area (Å²) in [6.45, 7) is 7.86. The Morgan fingerprint density at radius 2 is 1.69 bits per heavy atom. The molecule has 164 valence electrons. The van der Waals surface area contributed by atoms with Crippen molar-refractivity contribution in [1.82, 2.24) is 5.16 Å². The molecule has 32 heavy (non-hydrogen) atoms. The van der Waals surface area contributed by atoms with Crippen LogP contribution in [0.3, 0.4) is 0 Å². The van der Waals surface area contributed by atoms with E-state index in [1.165, 1.54) is 4.90 Å². The van der Waals surface area contributed by atoms with Crippen molar-refractivity contribution in [2.75, 3.05) is 4.90 Å². The van der Waals surface area contributed by atoms with E-state index in [1.54, 1.807) is 30.3 Å². The van der Waals surface area contributed by atoms with E-state index in [4.69, 9.17) is 4.52 Å². The normalized spacial score (nSPS) is 18.4. The van der Waals surface area contributed by atoms with Crippen LogP contribution in [0, 0.1) is 6.92 Å². The van der Waals surface area contributed by atoms with Crippen molar-refractivity contribution in [3.05, 3.63) is 87.1 Å². The molecule has 0 spiro atoms. The smallest absolute Gasteiger partial charge is 0.301 e. The van der Waals surface area contributed by atoms with E-state index in [2.05, 4.69) is 21.1 Å². The fraction of sp³-hybridized carbons (Fsp3) is 0.240. The molecule has 6 nitrogen and oxygen atoms in total. The molecule has 0 bridgehead atoms. The maximum atomic E-state index is 13.2. The van der Waals surface area contributed by atoms with Crippen LogP contribution >= 0.6 is 15.9 Å². The minimum Gasteiger partial charge on any atom is -0.507 e. The molecule has 1 aliphatic rings. The molecule has 3 aromatic rings. The Labute approximate surface area is 194 Å². The fourth-order valence-electron chi connectivity index (χ4n) is 3.63. The predicted molar refractivity (Wildman–Crippen MR) is 125 cm³/mol. The second-order valence-corrected chi connectivity index (χ2v) is 9.80. The minimum absolute atomic E-state index is 0.0153. The van der Waals surface area contributed by atoms with Crippen LogP contribution < -0.4 is 4.90 Å². The number of carbonyl (C=O) groups is 2. The lowest BCUT2D eigenvalue weighted by molar-refractivity contribution is -0.132. The van der Waals surface area contributed by atoms with Crippen LogP contribution in [0.25, 0.3) is 5.76 Å². The Hall–Kier alpha value is -3.19. The lowest BCUT2D eigenvalue weighted by Crippen LogP contribution is -2.29. The largest absolute Gasteiger partial charge is 0.507 e. The topological polar surface area (TPSA) is 83.6 Å². The van der Waals surface area contributed by atoms with Gasteiger partial charge in [-0.05, 0) is 24.6 Å². The van der Waals surface area contributed by atoms with Crippen LogP contribution in [-0.4, -0.2) is 22.0 Å². The van der Waals surface area contributed by atoms with Gasteiger partial charge < -0.3 is 9.63 Å². The van der Waals surface area contributed by atoms with Crippen LogP contribution in [0.15, 0.2) is 69.2 Å². The van der Waals surface area contributed by atoms with Gasteiger partial charge in [0.15, 0.2) is 5.82 Å². The molecule has 2 heterocycles. The van der Waals surface area contributed by atoms with E-state index >= 15 is 0 Å². The number of aryl methyl sites for hydroxylation is 1. The molecular formula is C25H23BrN2O4. The van der Waals surface area contributed by atoms with E-state index in [9.17, 15) is 14.7 Å². The lowest BCUT2D eigenvalue weighted by Gasteiger charge is -2.23. The van der Waals surface area contributed by atoms with E-state index < -0.39 is 17.7 Å². The summed E-state index contributed by atoms with van der Waals surface area (Å²) in [5, 5.41) is 15.2. The van der Waals surface area contributed by atoms with Crippen molar-refractivity contribution in [3.63, 3.8) is 0 Å². The first-order valence-electron chi connectivity index (χ1n) is 10.2. The number of aromatic nitrogens is 1. The second-order valence-electron chi connectivity index (χ2n) is 8.89. The Morgan fingerprint density at radius 3 is 2.25 bits per heavy atom. The number of ketones is 1. The number of aliphatic hydroxyl groups excluding tert-OH is 1. The average Bonchev–Trinajstić information content (AvgIpc) is 3.32. The number of benzene rings is 2. The molecule has 1 amide bonds. The molecule has 1 aromatic heterocycles. The summed E-state index contributed by atoms with van der Waals surface area (Å²) in [4.78, 5) is 27.6. The quantitative estimate of drug-likeness (QED) is 0.288. The Bertz CT molecular complexity index is 1220. The van der Waals surface area contributed by atoms with Gasteiger partial charge in [0.2, 0.25) is 0 Å². The van der Waals surface area contributed by atoms with E-state index in [0.717, 1.165) is 10.0 Å². The van der Waals surface area contributed by atoms with Crippen molar-refractivity contribution < 1.29 is 19.2 Å². The van der Waals surface area contributed by atoms with Crippen LogP contribution in [-0.2, 0) is 15.0 Å². The summed E-state index contributed by atoms with van der Waals surface area (Å²) in [7, 11) is 0. The Balaban J connectivity index is 1.91. The first-order chi connectivity index (χ1) is 15.1. The summed E-state index contributed by atoms with van der Waals surface area (Å²) in [6.07, 6.45) is 0. The molecule has 1 aliphatic heterocycles. The van der Waals surface area contributed by atoms with Gasteiger partial charge in [0.05, 0.1) is 11.6 Å². The number of rotatable bonds is 3. The summed E-state index contributed by atoms with van der Waals surface area (Å²) in [6, 6.07) is 15.2. The Kier molecular flexibility index (Phi) is 5.54. The zero-order valence-electron chi connectivity index (χ0n) is 18.2. The highest BCUT2D eigenvalue weighted by Gasteiger charge is 2.48. The number of hydrogen-bond donors (Lipinski definition) is 1. The first-order valence-corrected chi connectivity index (χ1v) is 11.0. The fourth-order valence-corrected chi connectivity index (χ4v) is 3.89.